The first-order valence-corrected chi connectivity index (χ1v) is 14.2. The molecule has 7 nitrogen and oxygen atoms in total. The van der Waals surface area contributed by atoms with Crippen LogP contribution in [0.3, 0.4) is 0 Å². The Kier molecular flexibility index (Phi) is 10.3. The number of hydrogen-bond donors (Lipinski definition) is 4. The molecule has 1 saturated heterocycles. The van der Waals surface area contributed by atoms with Crippen LogP contribution in [0.25, 0.3) is 0 Å². The summed E-state index contributed by atoms with van der Waals surface area (Å²) in [6.45, 7) is 14.6. The zero-order valence-electron chi connectivity index (χ0n) is 23.9. The number of fused-ring (bicyclic) bond motifs is 1. The third-order valence-corrected chi connectivity index (χ3v) is 8.53. The third-order valence-electron chi connectivity index (χ3n) is 8.53. The lowest BCUT2D eigenvalue weighted by Gasteiger charge is -2.41. The summed E-state index contributed by atoms with van der Waals surface area (Å²) in [7, 11) is 0. The predicted octanol–water partition coefficient (Wildman–Crippen LogP) is 4.51. The monoisotopic (exact) mass is 522 g/mol. The van der Waals surface area contributed by atoms with Crippen LogP contribution in [0, 0.1) is 32.6 Å². The molecule has 0 saturated carbocycles. The van der Waals surface area contributed by atoms with Crippen LogP contribution in [0.1, 0.15) is 94.9 Å². The van der Waals surface area contributed by atoms with Crippen LogP contribution in [0.2, 0.25) is 0 Å². The average Bonchev–Trinajstić information content (AvgIpc) is 2.84. The Morgan fingerprint density at radius 3 is 2.24 bits per heavy atom. The van der Waals surface area contributed by atoms with Gasteiger partial charge in [0.1, 0.15) is 41.5 Å². The molecule has 0 aliphatic carbocycles. The fourth-order valence-electron chi connectivity index (χ4n) is 5.76. The van der Waals surface area contributed by atoms with E-state index in [-0.39, 0.29) is 5.60 Å². The molecule has 2 aliphatic heterocycles. The maximum atomic E-state index is 10.5. The largest absolute Gasteiger partial charge is 0.487 e. The molecule has 0 bridgehead atoms. The standard InChI is InChI=1S/C30H50O7/c1-17(2)10-8-11-18(3)12-9-14-30(7)15-13-22-21(6)27(19(4)20(5)28(22)37-30)36-29-26(34)25(33)24(32)23(16-31)35-29/h17-18,23-26,29,31-34H,8-16H2,1-7H3/t18?,23-,24-,25+,26-,29+,30+/m0/s1. The van der Waals surface area contributed by atoms with Crippen molar-refractivity contribution >= 4 is 0 Å². The quantitative estimate of drug-likeness (QED) is 0.339. The molecule has 1 fully saturated rings. The minimum absolute atomic E-state index is 0.200. The molecule has 1 aromatic rings. The summed E-state index contributed by atoms with van der Waals surface area (Å²) in [6.07, 6.45) is 2.57. The average molecular weight is 523 g/mol. The Labute approximate surface area is 223 Å². The summed E-state index contributed by atoms with van der Waals surface area (Å²) in [5.41, 5.74) is 3.70. The lowest BCUT2D eigenvalue weighted by molar-refractivity contribution is -0.277. The first-order chi connectivity index (χ1) is 17.4. The molecule has 0 aromatic heterocycles. The Hall–Kier alpha value is -1.38. The molecular formula is C30H50O7. The molecule has 0 amide bonds. The van der Waals surface area contributed by atoms with Crippen molar-refractivity contribution < 1.29 is 34.6 Å². The van der Waals surface area contributed by atoms with E-state index in [1.54, 1.807) is 0 Å². The molecule has 1 unspecified atom stereocenters. The van der Waals surface area contributed by atoms with E-state index in [1.807, 2.05) is 20.8 Å². The van der Waals surface area contributed by atoms with Crippen molar-refractivity contribution in [1.29, 1.82) is 0 Å². The highest BCUT2D eigenvalue weighted by Crippen LogP contribution is 2.45. The highest BCUT2D eigenvalue weighted by Gasteiger charge is 2.45. The second-order valence-corrected chi connectivity index (χ2v) is 12.2. The normalized spacial score (nSPS) is 30.6. The summed E-state index contributed by atoms with van der Waals surface area (Å²) in [4.78, 5) is 0. The number of benzene rings is 1. The van der Waals surface area contributed by atoms with Gasteiger partial charge in [-0.25, -0.2) is 0 Å². The summed E-state index contributed by atoms with van der Waals surface area (Å²) in [5.74, 6) is 3.03. The van der Waals surface area contributed by atoms with Gasteiger partial charge in [-0.15, -0.1) is 0 Å². The topological polar surface area (TPSA) is 109 Å². The lowest BCUT2D eigenvalue weighted by atomic mass is 9.84. The first kappa shape index (κ1) is 30.2. The smallest absolute Gasteiger partial charge is 0.229 e. The van der Waals surface area contributed by atoms with Crippen LogP contribution in [-0.4, -0.2) is 63.3 Å². The number of hydrogen-bond acceptors (Lipinski definition) is 7. The molecule has 1 aromatic carbocycles. The van der Waals surface area contributed by atoms with Crippen molar-refractivity contribution in [1.82, 2.24) is 0 Å². The molecule has 2 heterocycles. The lowest BCUT2D eigenvalue weighted by Crippen LogP contribution is -2.60. The zero-order chi connectivity index (χ0) is 27.5. The SMILES string of the molecule is Cc1c(C)c2c(c(C)c1O[C@H]1O[C@@H](CO)[C@H](O)[C@@H](O)[C@@H]1O)CC[C@@](C)(CCCC(C)CCCC(C)C)O2. The molecule has 0 radical (unpaired) electrons. The fraction of sp³-hybridized carbons (Fsp3) is 0.800. The molecule has 212 valence electrons. The van der Waals surface area contributed by atoms with Crippen LogP contribution in [0.4, 0.5) is 0 Å². The zero-order valence-corrected chi connectivity index (χ0v) is 23.9. The van der Waals surface area contributed by atoms with Gasteiger partial charge in [-0.3, -0.25) is 0 Å². The van der Waals surface area contributed by atoms with Crippen molar-refractivity contribution in [3.8, 4) is 11.5 Å². The van der Waals surface area contributed by atoms with E-state index in [1.165, 1.54) is 25.7 Å². The molecule has 2 aliphatic rings. The van der Waals surface area contributed by atoms with Crippen molar-refractivity contribution in [2.45, 2.75) is 136 Å². The Balaban J connectivity index is 1.69. The Morgan fingerprint density at radius 1 is 0.919 bits per heavy atom. The van der Waals surface area contributed by atoms with Gasteiger partial charge in [0.05, 0.1) is 6.61 Å². The first-order valence-electron chi connectivity index (χ1n) is 14.2. The highest BCUT2D eigenvalue weighted by atomic mass is 16.7. The van der Waals surface area contributed by atoms with Crippen LogP contribution in [0.5, 0.6) is 11.5 Å². The minimum atomic E-state index is -1.47. The summed E-state index contributed by atoms with van der Waals surface area (Å²) in [5, 5.41) is 40.2. The van der Waals surface area contributed by atoms with Crippen LogP contribution in [0.15, 0.2) is 0 Å². The van der Waals surface area contributed by atoms with Gasteiger partial charge in [0.25, 0.3) is 0 Å². The van der Waals surface area contributed by atoms with Gasteiger partial charge in [-0.05, 0) is 81.9 Å². The van der Waals surface area contributed by atoms with Gasteiger partial charge >= 0.3 is 0 Å². The number of aliphatic hydroxyl groups excluding tert-OH is 4. The predicted molar refractivity (Wildman–Crippen MR) is 144 cm³/mol. The van der Waals surface area contributed by atoms with Crippen LogP contribution >= 0.6 is 0 Å². The van der Waals surface area contributed by atoms with E-state index < -0.39 is 37.3 Å². The van der Waals surface area contributed by atoms with Crippen LogP contribution in [-0.2, 0) is 11.2 Å². The third kappa shape index (κ3) is 6.99. The Bertz CT molecular complexity index is 899. The highest BCUT2D eigenvalue weighted by molar-refractivity contribution is 5.59. The van der Waals surface area contributed by atoms with Crippen molar-refractivity contribution in [3.05, 3.63) is 22.3 Å². The van der Waals surface area contributed by atoms with E-state index in [0.29, 0.717) is 5.75 Å². The Morgan fingerprint density at radius 2 is 1.59 bits per heavy atom. The van der Waals surface area contributed by atoms with Gasteiger partial charge in [-0.1, -0.05) is 46.5 Å². The van der Waals surface area contributed by atoms with Crippen LogP contribution < -0.4 is 9.47 Å². The molecule has 7 heteroatoms. The fourth-order valence-corrected chi connectivity index (χ4v) is 5.76. The van der Waals surface area contributed by atoms with Gasteiger partial charge in [0, 0.05) is 5.56 Å². The maximum Gasteiger partial charge on any atom is 0.229 e. The molecule has 0 spiro atoms. The molecule has 3 rings (SSSR count). The van der Waals surface area contributed by atoms with E-state index in [4.69, 9.17) is 14.2 Å². The molecular weight excluding hydrogens is 472 g/mol. The van der Waals surface area contributed by atoms with E-state index >= 15 is 0 Å². The summed E-state index contributed by atoms with van der Waals surface area (Å²) >= 11 is 0. The van der Waals surface area contributed by atoms with Crippen molar-refractivity contribution in [2.75, 3.05) is 6.61 Å². The molecule has 4 N–H and O–H groups in total. The van der Waals surface area contributed by atoms with Gasteiger partial charge < -0.3 is 34.6 Å². The molecule has 7 atom stereocenters. The van der Waals surface area contributed by atoms with E-state index in [9.17, 15) is 20.4 Å². The molecule has 37 heavy (non-hydrogen) atoms. The number of aliphatic hydroxyl groups is 4. The van der Waals surface area contributed by atoms with Gasteiger partial charge in [-0.2, -0.15) is 0 Å². The second-order valence-electron chi connectivity index (χ2n) is 12.2. The second kappa shape index (κ2) is 12.6. The maximum absolute atomic E-state index is 10.5. The van der Waals surface area contributed by atoms with Crippen molar-refractivity contribution in [3.63, 3.8) is 0 Å². The minimum Gasteiger partial charge on any atom is -0.487 e. The van der Waals surface area contributed by atoms with Crippen molar-refractivity contribution in [2.24, 2.45) is 11.8 Å². The van der Waals surface area contributed by atoms with E-state index in [2.05, 4.69) is 27.7 Å². The summed E-state index contributed by atoms with van der Waals surface area (Å²) in [6, 6.07) is 0. The van der Waals surface area contributed by atoms with E-state index in [0.717, 1.165) is 65.5 Å². The number of rotatable bonds is 11. The summed E-state index contributed by atoms with van der Waals surface area (Å²) < 4.78 is 18.4. The number of ether oxygens (including phenoxy) is 3. The van der Waals surface area contributed by atoms with Gasteiger partial charge in [0.2, 0.25) is 6.29 Å². The van der Waals surface area contributed by atoms with Gasteiger partial charge in [0.15, 0.2) is 0 Å².